The van der Waals surface area contributed by atoms with Gasteiger partial charge in [-0.15, -0.1) is 0 Å². The molecule has 6 nitrogen and oxygen atoms in total. The van der Waals surface area contributed by atoms with Gasteiger partial charge in [0.15, 0.2) is 0 Å². The highest BCUT2D eigenvalue weighted by Crippen LogP contribution is 2.26. The highest BCUT2D eigenvalue weighted by Gasteiger charge is 2.29. The number of rotatable bonds is 8. The van der Waals surface area contributed by atoms with Gasteiger partial charge >= 0.3 is 0 Å². The van der Waals surface area contributed by atoms with Crippen LogP contribution in [0.4, 0.5) is 0 Å². The van der Waals surface area contributed by atoms with Gasteiger partial charge < -0.3 is 20.5 Å². The third kappa shape index (κ3) is 6.02. The van der Waals surface area contributed by atoms with E-state index in [9.17, 15) is 9.59 Å². The maximum atomic E-state index is 11.7. The Hall–Kier alpha value is -1.14. The average Bonchev–Trinajstić information content (AvgIpc) is 2.41. The second-order valence-electron chi connectivity index (χ2n) is 4.89. The van der Waals surface area contributed by atoms with Gasteiger partial charge in [0.25, 0.3) is 0 Å². The molecule has 1 aliphatic carbocycles. The van der Waals surface area contributed by atoms with Gasteiger partial charge in [-0.05, 0) is 18.8 Å². The minimum atomic E-state index is -0.571. The Morgan fingerprint density at radius 2 is 1.95 bits per heavy atom. The van der Waals surface area contributed by atoms with Crippen molar-refractivity contribution in [3.63, 3.8) is 0 Å². The quantitative estimate of drug-likeness (QED) is 0.618. The second-order valence-corrected chi connectivity index (χ2v) is 4.89. The standard InChI is InChI=1S/C13H24N2O4/c1-18-7-8-19-9-11(16)15-12(13(14)17)10-5-3-2-4-6-10/h10,12H,2-9H2,1H3,(H2,14,17)(H,15,16)/t12-/m0/s1. The maximum Gasteiger partial charge on any atom is 0.246 e. The van der Waals surface area contributed by atoms with Crippen LogP contribution >= 0.6 is 0 Å². The zero-order valence-electron chi connectivity index (χ0n) is 11.5. The summed E-state index contributed by atoms with van der Waals surface area (Å²) < 4.78 is 9.92. The van der Waals surface area contributed by atoms with Crippen LogP contribution < -0.4 is 11.1 Å². The summed E-state index contributed by atoms with van der Waals surface area (Å²) in [7, 11) is 1.57. The lowest BCUT2D eigenvalue weighted by Crippen LogP contribution is -2.50. The molecule has 0 saturated heterocycles. The van der Waals surface area contributed by atoms with E-state index in [1.54, 1.807) is 7.11 Å². The van der Waals surface area contributed by atoms with Crippen molar-refractivity contribution in [2.45, 2.75) is 38.1 Å². The monoisotopic (exact) mass is 272 g/mol. The van der Waals surface area contributed by atoms with Crippen molar-refractivity contribution in [3.8, 4) is 0 Å². The fraction of sp³-hybridized carbons (Fsp3) is 0.846. The molecule has 0 unspecified atom stereocenters. The summed E-state index contributed by atoms with van der Waals surface area (Å²) >= 11 is 0. The Morgan fingerprint density at radius 3 is 2.53 bits per heavy atom. The van der Waals surface area contributed by atoms with E-state index in [0.29, 0.717) is 13.2 Å². The normalized spacial score (nSPS) is 17.9. The molecule has 1 fully saturated rings. The Kier molecular flexibility index (Phi) is 7.43. The molecular formula is C13H24N2O4. The number of carbonyl (C=O) groups is 2. The molecule has 0 heterocycles. The van der Waals surface area contributed by atoms with Gasteiger partial charge in [-0.1, -0.05) is 19.3 Å². The molecule has 0 aromatic rings. The lowest BCUT2D eigenvalue weighted by Gasteiger charge is -2.28. The smallest absolute Gasteiger partial charge is 0.246 e. The minimum absolute atomic E-state index is 0.0696. The third-order valence-electron chi connectivity index (χ3n) is 3.41. The molecule has 110 valence electrons. The van der Waals surface area contributed by atoms with Gasteiger partial charge in [-0.2, -0.15) is 0 Å². The van der Waals surface area contributed by atoms with Crippen LogP contribution in [0, 0.1) is 5.92 Å². The van der Waals surface area contributed by atoms with Crippen LogP contribution in [0.15, 0.2) is 0 Å². The lowest BCUT2D eigenvalue weighted by atomic mass is 9.83. The molecule has 0 aromatic carbocycles. The van der Waals surface area contributed by atoms with Crippen molar-refractivity contribution in [2.24, 2.45) is 11.7 Å². The molecule has 2 amide bonds. The Bertz CT molecular complexity index is 290. The fourth-order valence-electron chi connectivity index (χ4n) is 2.41. The Labute approximate surface area is 114 Å². The Morgan fingerprint density at radius 1 is 1.26 bits per heavy atom. The van der Waals surface area contributed by atoms with Crippen molar-refractivity contribution in [1.29, 1.82) is 0 Å². The number of hydrogen-bond donors (Lipinski definition) is 2. The molecule has 1 atom stereocenters. The van der Waals surface area contributed by atoms with E-state index in [4.69, 9.17) is 15.2 Å². The first-order chi connectivity index (χ1) is 9.15. The van der Waals surface area contributed by atoms with Crippen molar-refractivity contribution in [2.75, 3.05) is 26.9 Å². The van der Waals surface area contributed by atoms with E-state index < -0.39 is 11.9 Å². The topological polar surface area (TPSA) is 90.7 Å². The third-order valence-corrected chi connectivity index (χ3v) is 3.41. The summed E-state index contributed by atoms with van der Waals surface area (Å²) in [5.74, 6) is -0.600. The van der Waals surface area contributed by atoms with Crippen molar-refractivity contribution >= 4 is 11.8 Å². The van der Waals surface area contributed by atoms with E-state index >= 15 is 0 Å². The molecule has 0 aliphatic heterocycles. The molecule has 6 heteroatoms. The summed E-state index contributed by atoms with van der Waals surface area (Å²) in [4.78, 5) is 23.1. The summed E-state index contributed by atoms with van der Waals surface area (Å²) in [5, 5.41) is 2.68. The average molecular weight is 272 g/mol. The Balaban J connectivity index is 2.35. The number of hydrogen-bond acceptors (Lipinski definition) is 4. The SMILES string of the molecule is COCCOCC(=O)N[C@H](C(N)=O)C1CCCCC1. The molecule has 0 radical (unpaired) electrons. The number of nitrogens with one attached hydrogen (secondary N) is 1. The van der Waals surface area contributed by atoms with E-state index in [0.717, 1.165) is 25.7 Å². The van der Waals surface area contributed by atoms with Gasteiger partial charge in [0.1, 0.15) is 12.6 Å². The van der Waals surface area contributed by atoms with Crippen LogP contribution in [0.3, 0.4) is 0 Å². The molecular weight excluding hydrogens is 248 g/mol. The number of primary amides is 1. The van der Waals surface area contributed by atoms with Crippen molar-refractivity contribution < 1.29 is 19.1 Å². The molecule has 1 saturated carbocycles. The number of methoxy groups -OCH3 is 1. The van der Waals surface area contributed by atoms with Crippen LogP contribution in [-0.4, -0.2) is 44.8 Å². The zero-order chi connectivity index (χ0) is 14.1. The van der Waals surface area contributed by atoms with Crippen LogP contribution in [0.2, 0.25) is 0 Å². The van der Waals surface area contributed by atoms with Crippen LogP contribution in [-0.2, 0) is 19.1 Å². The fourth-order valence-corrected chi connectivity index (χ4v) is 2.41. The number of nitrogens with two attached hydrogens (primary N) is 1. The maximum absolute atomic E-state index is 11.7. The highest BCUT2D eigenvalue weighted by atomic mass is 16.5. The van der Waals surface area contributed by atoms with Crippen molar-refractivity contribution in [3.05, 3.63) is 0 Å². The summed E-state index contributed by atoms with van der Waals surface area (Å²) in [6.45, 7) is 0.726. The largest absolute Gasteiger partial charge is 0.382 e. The molecule has 0 bridgehead atoms. The first-order valence-electron chi connectivity index (χ1n) is 6.80. The van der Waals surface area contributed by atoms with E-state index in [-0.39, 0.29) is 18.4 Å². The minimum Gasteiger partial charge on any atom is -0.382 e. The first kappa shape index (κ1) is 15.9. The molecule has 1 rings (SSSR count). The predicted molar refractivity (Wildman–Crippen MR) is 70.4 cm³/mol. The van der Waals surface area contributed by atoms with Crippen LogP contribution in [0.25, 0.3) is 0 Å². The van der Waals surface area contributed by atoms with Gasteiger partial charge in [0, 0.05) is 7.11 Å². The molecule has 1 aliphatic rings. The number of carbonyl (C=O) groups excluding carboxylic acids is 2. The van der Waals surface area contributed by atoms with E-state index in [1.807, 2.05) is 0 Å². The first-order valence-corrected chi connectivity index (χ1v) is 6.80. The molecule has 0 aromatic heterocycles. The number of amides is 2. The molecule has 0 spiro atoms. The highest BCUT2D eigenvalue weighted by molar-refractivity contribution is 5.87. The van der Waals surface area contributed by atoms with Gasteiger partial charge in [-0.25, -0.2) is 0 Å². The van der Waals surface area contributed by atoms with Crippen molar-refractivity contribution in [1.82, 2.24) is 5.32 Å². The van der Waals surface area contributed by atoms with Gasteiger partial charge in [0.2, 0.25) is 11.8 Å². The summed E-state index contributed by atoms with van der Waals surface area (Å²) in [5.41, 5.74) is 5.38. The lowest BCUT2D eigenvalue weighted by molar-refractivity contribution is -0.132. The molecule has 19 heavy (non-hydrogen) atoms. The van der Waals surface area contributed by atoms with Gasteiger partial charge in [-0.3, -0.25) is 9.59 Å². The second kappa shape index (κ2) is 8.87. The number of ether oxygens (including phenoxy) is 2. The van der Waals surface area contributed by atoms with Crippen LogP contribution in [0.5, 0.6) is 0 Å². The van der Waals surface area contributed by atoms with Crippen LogP contribution in [0.1, 0.15) is 32.1 Å². The summed E-state index contributed by atoms with van der Waals surface area (Å²) in [6.07, 6.45) is 5.26. The predicted octanol–water partition coefficient (Wildman–Crippen LogP) is 0.200. The molecule has 3 N–H and O–H groups in total. The van der Waals surface area contributed by atoms with Gasteiger partial charge in [0.05, 0.1) is 13.2 Å². The zero-order valence-corrected chi connectivity index (χ0v) is 11.5. The van der Waals surface area contributed by atoms with E-state index in [1.165, 1.54) is 6.42 Å². The summed E-state index contributed by atoms with van der Waals surface area (Å²) in [6, 6.07) is -0.571. The van der Waals surface area contributed by atoms with E-state index in [2.05, 4.69) is 5.32 Å².